The average Bonchev–Trinajstić information content (AvgIpc) is 2.87. The molecule has 0 saturated carbocycles. The Labute approximate surface area is 124 Å². The van der Waals surface area contributed by atoms with Crippen LogP contribution in [0.15, 0.2) is 29.9 Å². The zero-order valence-electron chi connectivity index (χ0n) is 12.1. The van der Waals surface area contributed by atoms with Crippen LogP contribution in [-0.4, -0.2) is 11.1 Å². The molecule has 0 aliphatic carbocycles. The highest BCUT2D eigenvalue weighted by molar-refractivity contribution is 7.10. The smallest absolute Gasteiger partial charge is 0.138 e. The SMILES string of the molecule is CCc1ccsc1C(NN)c1cncc(OC(C)C)c1. The van der Waals surface area contributed by atoms with Crippen molar-refractivity contribution in [1.82, 2.24) is 10.4 Å². The van der Waals surface area contributed by atoms with Crippen molar-refractivity contribution in [3.8, 4) is 5.75 Å². The minimum Gasteiger partial charge on any atom is -0.489 e. The van der Waals surface area contributed by atoms with E-state index in [0.29, 0.717) is 0 Å². The van der Waals surface area contributed by atoms with E-state index in [0.717, 1.165) is 17.7 Å². The highest BCUT2D eigenvalue weighted by Gasteiger charge is 2.18. The third-order valence-electron chi connectivity index (χ3n) is 3.03. The van der Waals surface area contributed by atoms with Crippen LogP contribution < -0.4 is 16.0 Å². The van der Waals surface area contributed by atoms with E-state index in [1.165, 1.54) is 10.4 Å². The largest absolute Gasteiger partial charge is 0.489 e. The molecule has 0 bridgehead atoms. The number of pyridine rings is 1. The number of hydrazine groups is 1. The summed E-state index contributed by atoms with van der Waals surface area (Å²) in [7, 11) is 0. The van der Waals surface area contributed by atoms with Crippen molar-refractivity contribution < 1.29 is 4.74 Å². The molecule has 1 atom stereocenters. The van der Waals surface area contributed by atoms with Crippen LogP contribution in [-0.2, 0) is 6.42 Å². The molecule has 0 saturated heterocycles. The number of thiophene rings is 1. The van der Waals surface area contributed by atoms with Gasteiger partial charge in [-0.25, -0.2) is 5.43 Å². The fourth-order valence-corrected chi connectivity index (χ4v) is 3.23. The lowest BCUT2D eigenvalue weighted by Gasteiger charge is -2.18. The number of nitrogens with zero attached hydrogens (tertiary/aromatic N) is 1. The number of aryl methyl sites for hydroxylation is 1. The first-order valence-electron chi connectivity index (χ1n) is 6.79. The zero-order chi connectivity index (χ0) is 14.5. The number of hydrogen-bond donors (Lipinski definition) is 2. The van der Waals surface area contributed by atoms with Crippen molar-refractivity contribution in [3.05, 3.63) is 45.9 Å². The summed E-state index contributed by atoms with van der Waals surface area (Å²) < 4.78 is 5.70. The van der Waals surface area contributed by atoms with Crippen molar-refractivity contribution in [2.45, 2.75) is 39.3 Å². The van der Waals surface area contributed by atoms with Crippen LogP contribution in [0.4, 0.5) is 0 Å². The summed E-state index contributed by atoms with van der Waals surface area (Å²) >= 11 is 1.71. The molecule has 20 heavy (non-hydrogen) atoms. The molecule has 2 aromatic rings. The number of rotatable bonds is 6. The first kappa shape index (κ1) is 15.0. The van der Waals surface area contributed by atoms with Crippen LogP contribution in [0.2, 0.25) is 0 Å². The standard InChI is InChI=1S/C15H21N3OS/c1-4-11-5-6-20-15(11)14(18-16)12-7-13(9-17-8-12)19-10(2)3/h5-10,14,18H,4,16H2,1-3H3. The lowest BCUT2D eigenvalue weighted by atomic mass is 10.0. The Kier molecular flexibility index (Phi) is 5.11. The molecular weight excluding hydrogens is 270 g/mol. The maximum absolute atomic E-state index is 5.76. The number of aromatic nitrogens is 1. The summed E-state index contributed by atoms with van der Waals surface area (Å²) in [6, 6.07) is 4.09. The van der Waals surface area contributed by atoms with Gasteiger partial charge in [-0.1, -0.05) is 6.92 Å². The Balaban J connectivity index is 2.32. The second-order valence-electron chi connectivity index (χ2n) is 4.88. The fraction of sp³-hybridized carbons (Fsp3) is 0.400. The van der Waals surface area contributed by atoms with Gasteiger partial charge >= 0.3 is 0 Å². The quantitative estimate of drug-likeness (QED) is 0.634. The minimum atomic E-state index is -0.0480. The lowest BCUT2D eigenvalue weighted by Crippen LogP contribution is -2.29. The number of hydrogen-bond acceptors (Lipinski definition) is 5. The van der Waals surface area contributed by atoms with Gasteiger partial charge in [-0.3, -0.25) is 10.8 Å². The van der Waals surface area contributed by atoms with E-state index in [1.54, 1.807) is 17.5 Å². The molecule has 5 heteroatoms. The molecular formula is C15H21N3OS. The Hall–Kier alpha value is -1.43. The van der Waals surface area contributed by atoms with E-state index in [9.17, 15) is 0 Å². The lowest BCUT2D eigenvalue weighted by molar-refractivity contribution is 0.241. The number of ether oxygens (including phenoxy) is 1. The first-order valence-corrected chi connectivity index (χ1v) is 7.67. The predicted molar refractivity (Wildman–Crippen MR) is 82.9 cm³/mol. The molecule has 0 amide bonds. The average molecular weight is 291 g/mol. The van der Waals surface area contributed by atoms with Crippen molar-refractivity contribution in [3.63, 3.8) is 0 Å². The monoisotopic (exact) mass is 291 g/mol. The predicted octanol–water partition coefficient (Wildman–Crippen LogP) is 3.05. The van der Waals surface area contributed by atoms with E-state index >= 15 is 0 Å². The maximum atomic E-state index is 5.76. The van der Waals surface area contributed by atoms with Crippen molar-refractivity contribution >= 4 is 11.3 Å². The second-order valence-corrected chi connectivity index (χ2v) is 5.83. The van der Waals surface area contributed by atoms with Crippen molar-refractivity contribution in [2.24, 2.45) is 5.84 Å². The highest BCUT2D eigenvalue weighted by Crippen LogP contribution is 2.30. The Morgan fingerprint density at radius 3 is 2.85 bits per heavy atom. The van der Waals surface area contributed by atoms with Crippen molar-refractivity contribution in [2.75, 3.05) is 0 Å². The summed E-state index contributed by atoms with van der Waals surface area (Å²) in [5.41, 5.74) is 5.22. The first-order chi connectivity index (χ1) is 9.65. The molecule has 1 unspecified atom stereocenters. The molecule has 2 heterocycles. The minimum absolute atomic E-state index is 0.0480. The number of nitrogens with two attached hydrogens (primary N) is 1. The Morgan fingerprint density at radius 2 is 2.20 bits per heavy atom. The third kappa shape index (κ3) is 3.36. The van der Waals surface area contributed by atoms with Crippen LogP contribution in [0, 0.1) is 0 Å². The third-order valence-corrected chi connectivity index (χ3v) is 4.05. The summed E-state index contributed by atoms with van der Waals surface area (Å²) in [4.78, 5) is 5.49. The molecule has 0 fully saturated rings. The van der Waals surface area contributed by atoms with E-state index in [2.05, 4.69) is 28.8 Å². The fourth-order valence-electron chi connectivity index (χ4n) is 2.15. The normalized spacial score (nSPS) is 12.7. The van der Waals surface area contributed by atoms with Crippen LogP contribution in [0.3, 0.4) is 0 Å². The van der Waals surface area contributed by atoms with Gasteiger partial charge in [0.25, 0.3) is 0 Å². The molecule has 0 spiro atoms. The van der Waals surface area contributed by atoms with Gasteiger partial charge in [0.15, 0.2) is 0 Å². The summed E-state index contributed by atoms with van der Waals surface area (Å²) in [6.45, 7) is 6.15. The van der Waals surface area contributed by atoms with Gasteiger partial charge in [-0.05, 0) is 48.9 Å². The van der Waals surface area contributed by atoms with Crippen LogP contribution >= 0.6 is 11.3 Å². The number of nitrogens with one attached hydrogen (secondary N) is 1. The van der Waals surface area contributed by atoms with E-state index in [1.807, 2.05) is 26.1 Å². The van der Waals surface area contributed by atoms with Gasteiger partial charge in [0, 0.05) is 11.1 Å². The van der Waals surface area contributed by atoms with E-state index in [-0.39, 0.29) is 12.1 Å². The molecule has 2 aromatic heterocycles. The van der Waals surface area contributed by atoms with E-state index in [4.69, 9.17) is 10.6 Å². The second kappa shape index (κ2) is 6.83. The van der Waals surface area contributed by atoms with Gasteiger partial charge in [-0.2, -0.15) is 0 Å². The molecule has 0 aliphatic heterocycles. The van der Waals surface area contributed by atoms with Crippen LogP contribution in [0.1, 0.15) is 42.8 Å². The van der Waals surface area contributed by atoms with Crippen molar-refractivity contribution in [1.29, 1.82) is 0 Å². The molecule has 0 aliphatic rings. The molecule has 108 valence electrons. The van der Waals surface area contributed by atoms with Crippen LogP contribution in [0.25, 0.3) is 0 Å². The van der Waals surface area contributed by atoms with Gasteiger partial charge in [0.05, 0.1) is 18.3 Å². The summed E-state index contributed by atoms with van der Waals surface area (Å²) in [5, 5.41) is 2.10. The molecule has 3 N–H and O–H groups in total. The summed E-state index contributed by atoms with van der Waals surface area (Å²) in [6.07, 6.45) is 4.68. The Bertz CT molecular complexity index is 554. The zero-order valence-corrected chi connectivity index (χ0v) is 12.9. The molecule has 0 aromatic carbocycles. The molecule has 0 radical (unpaired) electrons. The van der Waals surface area contributed by atoms with Crippen LogP contribution in [0.5, 0.6) is 5.75 Å². The van der Waals surface area contributed by atoms with Gasteiger partial charge in [0.1, 0.15) is 5.75 Å². The molecule has 2 rings (SSSR count). The van der Waals surface area contributed by atoms with Gasteiger partial charge < -0.3 is 4.74 Å². The van der Waals surface area contributed by atoms with E-state index < -0.39 is 0 Å². The molecule has 4 nitrogen and oxygen atoms in total. The highest BCUT2D eigenvalue weighted by atomic mass is 32.1. The van der Waals surface area contributed by atoms with Gasteiger partial charge in [0.2, 0.25) is 0 Å². The van der Waals surface area contributed by atoms with Gasteiger partial charge in [-0.15, -0.1) is 11.3 Å². The summed E-state index contributed by atoms with van der Waals surface area (Å²) in [5.74, 6) is 6.53. The maximum Gasteiger partial charge on any atom is 0.138 e. The Morgan fingerprint density at radius 1 is 1.40 bits per heavy atom. The topological polar surface area (TPSA) is 60.2 Å².